The summed E-state index contributed by atoms with van der Waals surface area (Å²) in [4.78, 5) is 2.61. The summed E-state index contributed by atoms with van der Waals surface area (Å²) in [5.41, 5.74) is 2.57. The zero-order valence-electron chi connectivity index (χ0n) is 13.9. The van der Waals surface area contributed by atoms with Crippen molar-refractivity contribution in [2.45, 2.75) is 57.8 Å². The lowest BCUT2D eigenvalue weighted by Crippen LogP contribution is -2.44. The van der Waals surface area contributed by atoms with Gasteiger partial charge >= 0.3 is 0 Å². The van der Waals surface area contributed by atoms with Crippen molar-refractivity contribution in [3.05, 3.63) is 53.9 Å². The van der Waals surface area contributed by atoms with Crippen LogP contribution in [0.5, 0.6) is 5.75 Å². The standard InChI is InChI=1S/C20H26N2O/c1-2-8-17-10-5-6-14-22(17)20-18-11-7-13-21(18)15-16-9-3-4-12-19(16)23-20/h3-4,7,9,11-13,17,20H,2,5-6,8,10,14-15H2,1H3. The normalized spacial score (nSPS) is 24.4. The Bertz CT molecular complexity index is 661. The van der Waals surface area contributed by atoms with Crippen molar-refractivity contribution in [1.82, 2.24) is 9.47 Å². The summed E-state index contributed by atoms with van der Waals surface area (Å²) >= 11 is 0. The highest BCUT2D eigenvalue weighted by molar-refractivity contribution is 5.36. The zero-order valence-corrected chi connectivity index (χ0v) is 13.9. The van der Waals surface area contributed by atoms with Crippen molar-refractivity contribution in [3.63, 3.8) is 0 Å². The van der Waals surface area contributed by atoms with Gasteiger partial charge in [-0.05, 0) is 37.5 Å². The highest BCUT2D eigenvalue weighted by Gasteiger charge is 2.34. The number of para-hydroxylation sites is 1. The zero-order chi connectivity index (χ0) is 15.6. The monoisotopic (exact) mass is 310 g/mol. The molecule has 122 valence electrons. The summed E-state index contributed by atoms with van der Waals surface area (Å²) in [6, 6.07) is 13.5. The summed E-state index contributed by atoms with van der Waals surface area (Å²) in [7, 11) is 0. The minimum absolute atomic E-state index is 0.0468. The Hall–Kier alpha value is -1.74. The molecule has 2 aliphatic rings. The van der Waals surface area contributed by atoms with Crippen molar-refractivity contribution >= 4 is 0 Å². The van der Waals surface area contributed by atoms with Crippen LogP contribution in [0.2, 0.25) is 0 Å². The van der Waals surface area contributed by atoms with Crippen LogP contribution in [0.1, 0.15) is 56.5 Å². The second-order valence-electron chi connectivity index (χ2n) is 6.81. The number of nitrogens with zero attached hydrogens (tertiary/aromatic N) is 2. The van der Waals surface area contributed by atoms with Crippen LogP contribution in [0.15, 0.2) is 42.6 Å². The molecule has 2 unspecified atom stereocenters. The van der Waals surface area contributed by atoms with Crippen molar-refractivity contribution in [2.75, 3.05) is 6.54 Å². The number of likely N-dealkylation sites (tertiary alicyclic amines) is 1. The van der Waals surface area contributed by atoms with Crippen LogP contribution in [0.25, 0.3) is 0 Å². The molecule has 0 spiro atoms. The van der Waals surface area contributed by atoms with Crippen molar-refractivity contribution in [3.8, 4) is 5.75 Å². The van der Waals surface area contributed by atoms with Crippen LogP contribution in [-0.4, -0.2) is 22.1 Å². The predicted octanol–water partition coefficient (Wildman–Crippen LogP) is 4.58. The number of ether oxygens (including phenoxy) is 1. The molecule has 1 aromatic heterocycles. The third-order valence-electron chi connectivity index (χ3n) is 5.27. The van der Waals surface area contributed by atoms with Gasteiger partial charge < -0.3 is 9.30 Å². The average molecular weight is 310 g/mol. The molecule has 0 aliphatic carbocycles. The van der Waals surface area contributed by atoms with Crippen LogP contribution >= 0.6 is 0 Å². The lowest BCUT2D eigenvalue weighted by atomic mass is 9.97. The number of aromatic nitrogens is 1. The number of hydrogen-bond acceptors (Lipinski definition) is 2. The number of benzene rings is 1. The number of rotatable bonds is 3. The topological polar surface area (TPSA) is 17.4 Å². The summed E-state index contributed by atoms with van der Waals surface area (Å²) in [5.74, 6) is 1.04. The molecular formula is C20H26N2O. The van der Waals surface area contributed by atoms with E-state index in [4.69, 9.17) is 4.74 Å². The van der Waals surface area contributed by atoms with Gasteiger partial charge in [0.2, 0.25) is 0 Å². The van der Waals surface area contributed by atoms with Crippen LogP contribution < -0.4 is 4.74 Å². The summed E-state index contributed by atoms with van der Waals surface area (Å²) in [5, 5.41) is 0. The summed E-state index contributed by atoms with van der Waals surface area (Å²) < 4.78 is 8.92. The molecule has 3 heterocycles. The van der Waals surface area contributed by atoms with E-state index in [-0.39, 0.29) is 6.23 Å². The third kappa shape index (κ3) is 2.78. The van der Waals surface area contributed by atoms with Crippen LogP contribution in [0, 0.1) is 0 Å². The van der Waals surface area contributed by atoms with Gasteiger partial charge in [-0.2, -0.15) is 0 Å². The largest absolute Gasteiger partial charge is 0.469 e. The Morgan fingerprint density at radius 2 is 2.04 bits per heavy atom. The molecule has 0 radical (unpaired) electrons. The van der Waals surface area contributed by atoms with Crippen LogP contribution in [-0.2, 0) is 6.54 Å². The van der Waals surface area contributed by atoms with E-state index in [0.29, 0.717) is 6.04 Å². The molecule has 0 N–H and O–H groups in total. The maximum absolute atomic E-state index is 6.56. The second kappa shape index (κ2) is 6.40. The quantitative estimate of drug-likeness (QED) is 0.825. The Morgan fingerprint density at radius 1 is 1.13 bits per heavy atom. The lowest BCUT2D eigenvalue weighted by molar-refractivity contribution is -0.0304. The Morgan fingerprint density at radius 3 is 2.96 bits per heavy atom. The maximum Gasteiger partial charge on any atom is 0.194 e. The third-order valence-corrected chi connectivity index (χ3v) is 5.27. The van der Waals surface area contributed by atoms with E-state index in [9.17, 15) is 0 Å². The molecule has 0 saturated carbocycles. The molecule has 23 heavy (non-hydrogen) atoms. The minimum atomic E-state index is 0.0468. The SMILES string of the molecule is CCCC1CCCCN1C1Oc2ccccc2Cn2cccc21. The molecule has 2 aliphatic heterocycles. The van der Waals surface area contributed by atoms with Crippen molar-refractivity contribution in [2.24, 2.45) is 0 Å². The fourth-order valence-corrected chi connectivity index (χ4v) is 4.12. The van der Waals surface area contributed by atoms with E-state index < -0.39 is 0 Å². The molecule has 2 atom stereocenters. The van der Waals surface area contributed by atoms with Gasteiger partial charge in [-0.25, -0.2) is 0 Å². The van der Waals surface area contributed by atoms with E-state index in [2.05, 4.69) is 59.0 Å². The highest BCUT2D eigenvalue weighted by Crippen LogP contribution is 2.36. The first-order chi connectivity index (χ1) is 11.4. The number of piperidine rings is 1. The fraction of sp³-hybridized carbons (Fsp3) is 0.500. The summed E-state index contributed by atoms with van der Waals surface area (Å²) in [6.45, 7) is 4.34. The first-order valence-electron chi connectivity index (χ1n) is 9.02. The van der Waals surface area contributed by atoms with E-state index in [1.165, 1.54) is 43.4 Å². The summed E-state index contributed by atoms with van der Waals surface area (Å²) in [6.07, 6.45) is 8.68. The Labute approximate surface area is 138 Å². The van der Waals surface area contributed by atoms with Gasteiger partial charge in [0, 0.05) is 24.3 Å². The lowest BCUT2D eigenvalue weighted by Gasteiger charge is -2.40. The number of hydrogen-bond donors (Lipinski definition) is 0. The molecule has 3 heteroatoms. The van der Waals surface area contributed by atoms with Crippen molar-refractivity contribution < 1.29 is 4.74 Å². The molecule has 0 amide bonds. The number of fused-ring (bicyclic) bond motifs is 2. The van der Waals surface area contributed by atoms with Gasteiger partial charge in [0.15, 0.2) is 6.23 Å². The maximum atomic E-state index is 6.56. The molecular weight excluding hydrogens is 284 g/mol. The van der Waals surface area contributed by atoms with Crippen molar-refractivity contribution in [1.29, 1.82) is 0 Å². The van der Waals surface area contributed by atoms with Gasteiger partial charge in [-0.1, -0.05) is 38.0 Å². The molecule has 2 aromatic rings. The highest BCUT2D eigenvalue weighted by atomic mass is 16.5. The molecule has 4 rings (SSSR count). The first kappa shape index (κ1) is 14.8. The van der Waals surface area contributed by atoms with E-state index in [0.717, 1.165) is 18.8 Å². The first-order valence-corrected chi connectivity index (χ1v) is 9.02. The van der Waals surface area contributed by atoms with Gasteiger partial charge in [0.25, 0.3) is 0 Å². The fourth-order valence-electron chi connectivity index (χ4n) is 4.12. The second-order valence-corrected chi connectivity index (χ2v) is 6.81. The van der Waals surface area contributed by atoms with Crippen LogP contribution in [0.3, 0.4) is 0 Å². The van der Waals surface area contributed by atoms with Gasteiger partial charge in [0.05, 0.1) is 12.2 Å². The molecule has 1 saturated heterocycles. The smallest absolute Gasteiger partial charge is 0.194 e. The van der Waals surface area contributed by atoms with Gasteiger partial charge in [0.1, 0.15) is 5.75 Å². The Kier molecular flexibility index (Phi) is 4.13. The van der Waals surface area contributed by atoms with Gasteiger partial charge in [-0.15, -0.1) is 0 Å². The van der Waals surface area contributed by atoms with Crippen LogP contribution in [0.4, 0.5) is 0 Å². The molecule has 1 aromatic carbocycles. The van der Waals surface area contributed by atoms with E-state index in [1.807, 2.05) is 0 Å². The van der Waals surface area contributed by atoms with Gasteiger partial charge in [-0.3, -0.25) is 4.90 Å². The Balaban J connectivity index is 1.72. The minimum Gasteiger partial charge on any atom is -0.469 e. The van der Waals surface area contributed by atoms with E-state index >= 15 is 0 Å². The molecule has 3 nitrogen and oxygen atoms in total. The predicted molar refractivity (Wildman–Crippen MR) is 92.6 cm³/mol. The molecule has 1 fully saturated rings. The van der Waals surface area contributed by atoms with E-state index in [1.54, 1.807) is 0 Å². The average Bonchev–Trinajstić information content (AvgIpc) is 2.97. The molecule has 0 bridgehead atoms.